The molecular formula is C21H26N4O2. The molecule has 27 heavy (non-hydrogen) atoms. The number of hydrogen-bond acceptors (Lipinski definition) is 5. The standard InChI is InChI=1S/C21H26N4O2/c1-16-6-4-5-7-21(16)27-13-20(26)12-24(3)17(2)18-8-10-19(11-9-18)25-15-22-14-23-25/h4-11,14-15,17,20,26H,12-13H2,1-3H3. The Morgan fingerprint density at radius 1 is 1.15 bits per heavy atom. The Kier molecular flexibility index (Phi) is 6.21. The molecular weight excluding hydrogens is 340 g/mol. The zero-order chi connectivity index (χ0) is 19.2. The molecule has 1 N–H and O–H groups in total. The third-order valence-electron chi connectivity index (χ3n) is 4.74. The second-order valence-corrected chi connectivity index (χ2v) is 6.78. The first-order chi connectivity index (χ1) is 13.0. The highest BCUT2D eigenvalue weighted by Crippen LogP contribution is 2.21. The maximum absolute atomic E-state index is 10.4. The van der Waals surface area contributed by atoms with Crippen molar-refractivity contribution in [2.75, 3.05) is 20.2 Å². The quantitative estimate of drug-likeness (QED) is 0.664. The van der Waals surface area contributed by atoms with Gasteiger partial charge in [-0.25, -0.2) is 9.67 Å². The Hall–Kier alpha value is -2.70. The van der Waals surface area contributed by atoms with Gasteiger partial charge in [0.1, 0.15) is 31.1 Å². The molecule has 2 unspecified atom stereocenters. The number of aryl methyl sites for hydroxylation is 1. The van der Waals surface area contributed by atoms with Gasteiger partial charge in [-0.15, -0.1) is 0 Å². The van der Waals surface area contributed by atoms with Crippen LogP contribution in [0.5, 0.6) is 5.75 Å². The summed E-state index contributed by atoms with van der Waals surface area (Å²) < 4.78 is 7.48. The predicted octanol–water partition coefficient (Wildman–Crippen LogP) is 3.01. The van der Waals surface area contributed by atoms with E-state index in [4.69, 9.17) is 4.74 Å². The van der Waals surface area contributed by atoms with Gasteiger partial charge in [-0.1, -0.05) is 30.3 Å². The van der Waals surface area contributed by atoms with Crippen LogP contribution in [0.1, 0.15) is 24.1 Å². The number of nitrogens with zero attached hydrogens (tertiary/aromatic N) is 4. The van der Waals surface area contributed by atoms with E-state index in [9.17, 15) is 5.11 Å². The van der Waals surface area contributed by atoms with E-state index < -0.39 is 6.10 Å². The van der Waals surface area contributed by atoms with E-state index in [0.29, 0.717) is 6.54 Å². The van der Waals surface area contributed by atoms with Gasteiger partial charge < -0.3 is 9.84 Å². The van der Waals surface area contributed by atoms with Crippen molar-refractivity contribution in [1.82, 2.24) is 19.7 Å². The lowest BCUT2D eigenvalue weighted by atomic mass is 10.1. The Morgan fingerprint density at radius 3 is 2.56 bits per heavy atom. The van der Waals surface area contributed by atoms with Gasteiger partial charge in [-0.05, 0) is 50.2 Å². The van der Waals surface area contributed by atoms with E-state index in [1.165, 1.54) is 11.9 Å². The molecule has 0 radical (unpaired) electrons. The van der Waals surface area contributed by atoms with E-state index in [0.717, 1.165) is 17.0 Å². The molecule has 0 aliphatic heterocycles. The fourth-order valence-electron chi connectivity index (χ4n) is 2.95. The lowest BCUT2D eigenvalue weighted by molar-refractivity contribution is 0.0651. The van der Waals surface area contributed by atoms with Crippen molar-refractivity contribution >= 4 is 0 Å². The lowest BCUT2D eigenvalue weighted by Crippen LogP contribution is -2.34. The third-order valence-corrected chi connectivity index (χ3v) is 4.74. The average Bonchev–Trinajstić information content (AvgIpc) is 3.21. The first-order valence-corrected chi connectivity index (χ1v) is 9.06. The van der Waals surface area contributed by atoms with E-state index in [1.807, 2.05) is 50.4 Å². The summed E-state index contributed by atoms with van der Waals surface area (Å²) in [6, 6.07) is 16.2. The minimum atomic E-state index is -0.563. The van der Waals surface area contributed by atoms with Crippen molar-refractivity contribution in [2.45, 2.75) is 26.0 Å². The van der Waals surface area contributed by atoms with Crippen LogP contribution in [0.3, 0.4) is 0 Å². The predicted molar refractivity (Wildman–Crippen MR) is 105 cm³/mol. The Labute approximate surface area is 160 Å². The molecule has 2 aromatic carbocycles. The molecule has 0 aliphatic carbocycles. The van der Waals surface area contributed by atoms with E-state index in [2.05, 4.69) is 34.0 Å². The van der Waals surface area contributed by atoms with Gasteiger partial charge >= 0.3 is 0 Å². The molecule has 0 saturated carbocycles. The smallest absolute Gasteiger partial charge is 0.138 e. The number of likely N-dealkylation sites (N-methyl/N-ethyl adjacent to an activating group) is 1. The van der Waals surface area contributed by atoms with Crippen molar-refractivity contribution in [1.29, 1.82) is 0 Å². The van der Waals surface area contributed by atoms with Gasteiger partial charge in [0.05, 0.1) is 5.69 Å². The maximum Gasteiger partial charge on any atom is 0.138 e. The van der Waals surface area contributed by atoms with Gasteiger partial charge in [-0.2, -0.15) is 5.10 Å². The van der Waals surface area contributed by atoms with Gasteiger partial charge in [0, 0.05) is 12.6 Å². The van der Waals surface area contributed by atoms with Crippen molar-refractivity contribution < 1.29 is 9.84 Å². The first-order valence-electron chi connectivity index (χ1n) is 9.06. The van der Waals surface area contributed by atoms with E-state index in [1.54, 1.807) is 11.0 Å². The minimum Gasteiger partial charge on any atom is -0.491 e. The Balaban J connectivity index is 1.53. The zero-order valence-corrected chi connectivity index (χ0v) is 16.0. The zero-order valence-electron chi connectivity index (χ0n) is 16.0. The number of aliphatic hydroxyl groups is 1. The monoisotopic (exact) mass is 366 g/mol. The number of rotatable bonds is 8. The van der Waals surface area contributed by atoms with Gasteiger partial charge in [0.15, 0.2) is 0 Å². The summed E-state index contributed by atoms with van der Waals surface area (Å²) in [5.41, 5.74) is 3.21. The second-order valence-electron chi connectivity index (χ2n) is 6.78. The highest BCUT2D eigenvalue weighted by Gasteiger charge is 2.16. The number of benzene rings is 2. The van der Waals surface area contributed by atoms with Crippen molar-refractivity contribution in [3.05, 3.63) is 72.3 Å². The number of hydrogen-bond donors (Lipinski definition) is 1. The molecule has 142 valence electrons. The SMILES string of the molecule is Cc1ccccc1OCC(O)CN(C)C(C)c1ccc(-n2cncn2)cc1. The molecule has 3 rings (SSSR count). The van der Waals surface area contributed by atoms with Gasteiger partial charge in [0.25, 0.3) is 0 Å². The van der Waals surface area contributed by atoms with Gasteiger partial charge in [0.2, 0.25) is 0 Å². The molecule has 0 bridgehead atoms. The summed E-state index contributed by atoms with van der Waals surface area (Å²) in [4.78, 5) is 6.09. The van der Waals surface area contributed by atoms with Crippen LogP contribution < -0.4 is 4.74 Å². The van der Waals surface area contributed by atoms with Crippen LogP contribution in [-0.4, -0.2) is 51.1 Å². The fourth-order valence-corrected chi connectivity index (χ4v) is 2.95. The maximum atomic E-state index is 10.4. The van der Waals surface area contributed by atoms with Crippen LogP contribution in [0.15, 0.2) is 61.2 Å². The second kappa shape index (κ2) is 8.79. The van der Waals surface area contributed by atoms with E-state index in [-0.39, 0.29) is 12.6 Å². The molecule has 1 heterocycles. The molecule has 6 heteroatoms. The summed E-state index contributed by atoms with van der Waals surface area (Å²) in [7, 11) is 2.01. The topological polar surface area (TPSA) is 63.4 Å². The lowest BCUT2D eigenvalue weighted by Gasteiger charge is -2.27. The largest absolute Gasteiger partial charge is 0.491 e. The summed E-state index contributed by atoms with van der Waals surface area (Å²) >= 11 is 0. The molecule has 0 spiro atoms. The molecule has 2 atom stereocenters. The molecule has 1 aromatic heterocycles. The van der Waals surface area contributed by atoms with Crippen LogP contribution in [0, 0.1) is 6.92 Å². The van der Waals surface area contributed by atoms with Crippen LogP contribution in [0.25, 0.3) is 5.69 Å². The van der Waals surface area contributed by atoms with Crippen molar-refractivity contribution in [3.63, 3.8) is 0 Å². The summed E-state index contributed by atoms with van der Waals surface area (Å²) in [6.07, 6.45) is 2.63. The number of para-hydroxylation sites is 1. The Bertz CT molecular complexity index is 834. The normalized spacial score (nSPS) is 13.5. The Morgan fingerprint density at radius 2 is 1.89 bits per heavy atom. The third kappa shape index (κ3) is 4.93. The number of aromatic nitrogens is 3. The highest BCUT2D eigenvalue weighted by molar-refractivity contribution is 5.34. The molecule has 0 saturated heterocycles. The van der Waals surface area contributed by atoms with Crippen LogP contribution in [0.4, 0.5) is 0 Å². The summed E-state index contributed by atoms with van der Waals surface area (Å²) in [5, 5.41) is 14.5. The first kappa shape index (κ1) is 19.1. The number of ether oxygens (including phenoxy) is 1. The van der Waals surface area contributed by atoms with Gasteiger partial charge in [-0.3, -0.25) is 4.90 Å². The summed E-state index contributed by atoms with van der Waals surface area (Å²) in [6.45, 7) is 4.92. The molecule has 0 fully saturated rings. The fraction of sp³-hybridized carbons (Fsp3) is 0.333. The highest BCUT2D eigenvalue weighted by atomic mass is 16.5. The average molecular weight is 366 g/mol. The van der Waals surface area contributed by atoms with E-state index >= 15 is 0 Å². The van der Waals surface area contributed by atoms with Crippen LogP contribution in [-0.2, 0) is 0 Å². The van der Waals surface area contributed by atoms with Crippen LogP contribution in [0.2, 0.25) is 0 Å². The van der Waals surface area contributed by atoms with Crippen molar-refractivity contribution in [2.24, 2.45) is 0 Å². The van der Waals surface area contributed by atoms with Crippen molar-refractivity contribution in [3.8, 4) is 11.4 Å². The number of aliphatic hydroxyl groups excluding tert-OH is 1. The molecule has 3 aromatic rings. The van der Waals surface area contributed by atoms with Crippen LogP contribution >= 0.6 is 0 Å². The minimum absolute atomic E-state index is 0.169. The molecule has 0 aliphatic rings. The summed E-state index contributed by atoms with van der Waals surface area (Å²) in [5.74, 6) is 0.816. The molecule has 6 nitrogen and oxygen atoms in total. The molecule has 0 amide bonds.